The molecule has 6 heteroatoms. The number of nitrogens with one attached hydrogen (secondary N) is 1. The van der Waals surface area contributed by atoms with E-state index in [4.69, 9.17) is 10.8 Å². The van der Waals surface area contributed by atoms with E-state index in [1.165, 1.54) is 6.07 Å². The van der Waals surface area contributed by atoms with E-state index >= 15 is 0 Å². The van der Waals surface area contributed by atoms with Crippen LogP contribution in [-0.2, 0) is 0 Å². The molecule has 106 valence electrons. The lowest BCUT2D eigenvalue weighted by atomic mass is 10.1. The van der Waals surface area contributed by atoms with Crippen LogP contribution in [0.1, 0.15) is 24.2 Å². The highest BCUT2D eigenvalue weighted by Gasteiger charge is 2.13. The van der Waals surface area contributed by atoms with Crippen LogP contribution in [0.25, 0.3) is 0 Å². The van der Waals surface area contributed by atoms with Gasteiger partial charge in [0.25, 0.3) is 0 Å². The van der Waals surface area contributed by atoms with Gasteiger partial charge in [0.15, 0.2) is 0 Å². The maximum Gasteiger partial charge on any atom is 0.337 e. The smallest absolute Gasteiger partial charge is 0.337 e. The molecule has 1 aromatic rings. The summed E-state index contributed by atoms with van der Waals surface area (Å²) in [5, 5.41) is 11.8. The minimum Gasteiger partial charge on any atom is -0.478 e. The monoisotopic (exact) mass is 269 g/mol. The summed E-state index contributed by atoms with van der Waals surface area (Å²) >= 11 is 0. The summed E-state index contributed by atoms with van der Waals surface area (Å²) in [5.74, 6) is -1.70. The van der Waals surface area contributed by atoms with Gasteiger partial charge in [-0.3, -0.25) is 0 Å². The minimum atomic E-state index is -1.16. The minimum absolute atomic E-state index is 0.0701. The molecule has 19 heavy (non-hydrogen) atoms. The second kappa shape index (κ2) is 6.94. The molecule has 0 unspecified atom stereocenters. The molecule has 0 heterocycles. The van der Waals surface area contributed by atoms with Crippen LogP contribution in [-0.4, -0.2) is 42.2 Å². The Bertz CT molecular complexity index is 448. The first-order valence-electron chi connectivity index (χ1n) is 6.28. The van der Waals surface area contributed by atoms with Gasteiger partial charge in [-0.25, -0.2) is 9.18 Å². The van der Waals surface area contributed by atoms with Gasteiger partial charge in [0.1, 0.15) is 5.82 Å². The molecule has 0 radical (unpaired) electrons. The first kappa shape index (κ1) is 15.2. The number of nitrogens with two attached hydrogens (primary N) is 1. The summed E-state index contributed by atoms with van der Waals surface area (Å²) in [6.45, 7) is 7.25. The molecule has 0 atom stereocenters. The maximum absolute atomic E-state index is 13.6. The van der Waals surface area contributed by atoms with Crippen LogP contribution in [0.4, 0.5) is 15.8 Å². The number of likely N-dealkylation sites (N-methyl/N-ethyl adjacent to an activating group) is 1. The Hall–Kier alpha value is -1.82. The zero-order valence-corrected chi connectivity index (χ0v) is 11.2. The van der Waals surface area contributed by atoms with Gasteiger partial charge in [-0.1, -0.05) is 13.8 Å². The van der Waals surface area contributed by atoms with E-state index in [2.05, 4.69) is 24.1 Å². The number of aromatic carboxylic acids is 1. The molecule has 0 aromatic heterocycles. The Labute approximate surface area is 112 Å². The standard InChI is InChI=1S/C13H20FN3O2/c1-3-17(4-2)6-5-16-12-7-9(13(18)19)11(15)8-10(12)14/h7-8,16H,3-6,15H2,1-2H3,(H,18,19). The lowest BCUT2D eigenvalue weighted by Crippen LogP contribution is -2.28. The summed E-state index contributed by atoms with van der Waals surface area (Å²) in [4.78, 5) is 13.1. The predicted octanol–water partition coefficient (Wildman–Crippen LogP) is 1.86. The molecule has 1 rings (SSSR count). The third kappa shape index (κ3) is 4.10. The van der Waals surface area contributed by atoms with Crippen molar-refractivity contribution in [3.8, 4) is 0 Å². The van der Waals surface area contributed by atoms with E-state index in [1.807, 2.05) is 0 Å². The number of carbonyl (C=O) groups is 1. The quantitative estimate of drug-likeness (QED) is 0.658. The van der Waals surface area contributed by atoms with Crippen LogP contribution in [0, 0.1) is 5.82 Å². The molecule has 0 spiro atoms. The first-order chi connectivity index (χ1) is 8.99. The van der Waals surface area contributed by atoms with Crippen LogP contribution in [0.5, 0.6) is 0 Å². The Morgan fingerprint density at radius 1 is 1.42 bits per heavy atom. The molecule has 0 saturated heterocycles. The highest BCUT2D eigenvalue weighted by molar-refractivity contribution is 5.94. The zero-order chi connectivity index (χ0) is 14.4. The fourth-order valence-electron chi connectivity index (χ4n) is 1.80. The number of benzene rings is 1. The number of nitrogen functional groups attached to an aromatic ring is 1. The second-order valence-corrected chi connectivity index (χ2v) is 4.18. The van der Waals surface area contributed by atoms with E-state index in [9.17, 15) is 9.18 Å². The number of anilines is 2. The van der Waals surface area contributed by atoms with Gasteiger partial charge in [0, 0.05) is 18.8 Å². The highest BCUT2D eigenvalue weighted by atomic mass is 19.1. The van der Waals surface area contributed by atoms with E-state index in [-0.39, 0.29) is 16.9 Å². The van der Waals surface area contributed by atoms with Crippen LogP contribution < -0.4 is 11.1 Å². The van der Waals surface area contributed by atoms with Crippen molar-refractivity contribution in [3.05, 3.63) is 23.5 Å². The Balaban J connectivity index is 2.73. The molecule has 0 aliphatic rings. The van der Waals surface area contributed by atoms with Crippen molar-refractivity contribution in [2.75, 3.05) is 37.2 Å². The number of carboxylic acids is 1. The van der Waals surface area contributed by atoms with E-state index in [1.54, 1.807) is 0 Å². The molecule has 1 aromatic carbocycles. The maximum atomic E-state index is 13.6. The summed E-state index contributed by atoms with van der Waals surface area (Å²) in [7, 11) is 0. The van der Waals surface area contributed by atoms with Crippen molar-refractivity contribution >= 4 is 17.3 Å². The Morgan fingerprint density at radius 3 is 2.58 bits per heavy atom. The molecule has 0 aliphatic heterocycles. The largest absolute Gasteiger partial charge is 0.478 e. The topological polar surface area (TPSA) is 78.6 Å². The van der Waals surface area contributed by atoms with Gasteiger partial charge in [0.2, 0.25) is 0 Å². The summed E-state index contributed by atoms with van der Waals surface area (Å²) in [5.41, 5.74) is 5.46. The van der Waals surface area contributed by atoms with Gasteiger partial charge in [-0.05, 0) is 25.2 Å². The molecular weight excluding hydrogens is 249 g/mol. The van der Waals surface area contributed by atoms with Gasteiger partial charge in [0.05, 0.1) is 11.3 Å². The van der Waals surface area contributed by atoms with Crippen molar-refractivity contribution < 1.29 is 14.3 Å². The molecular formula is C13H20FN3O2. The highest BCUT2D eigenvalue weighted by Crippen LogP contribution is 2.22. The molecule has 4 N–H and O–H groups in total. The van der Waals surface area contributed by atoms with Gasteiger partial charge < -0.3 is 21.1 Å². The Morgan fingerprint density at radius 2 is 2.05 bits per heavy atom. The fourth-order valence-corrected chi connectivity index (χ4v) is 1.80. The number of hydrogen-bond acceptors (Lipinski definition) is 4. The number of rotatable bonds is 7. The second-order valence-electron chi connectivity index (χ2n) is 4.18. The lowest BCUT2D eigenvalue weighted by molar-refractivity contribution is 0.0698. The van der Waals surface area contributed by atoms with E-state index < -0.39 is 11.8 Å². The summed E-state index contributed by atoms with van der Waals surface area (Å²) < 4.78 is 13.6. The number of nitrogens with zero attached hydrogens (tertiary/aromatic N) is 1. The number of halogens is 1. The van der Waals surface area contributed by atoms with Crippen LogP contribution in [0.15, 0.2) is 12.1 Å². The van der Waals surface area contributed by atoms with E-state index in [0.29, 0.717) is 6.54 Å². The van der Waals surface area contributed by atoms with Gasteiger partial charge in [-0.2, -0.15) is 0 Å². The van der Waals surface area contributed by atoms with Crippen molar-refractivity contribution in [2.45, 2.75) is 13.8 Å². The molecule has 0 bridgehead atoms. The lowest BCUT2D eigenvalue weighted by Gasteiger charge is -2.18. The van der Waals surface area contributed by atoms with Crippen LogP contribution in [0.3, 0.4) is 0 Å². The average molecular weight is 269 g/mol. The molecule has 0 saturated carbocycles. The molecule has 0 amide bonds. The van der Waals surface area contributed by atoms with Crippen molar-refractivity contribution in [1.29, 1.82) is 0 Å². The van der Waals surface area contributed by atoms with Crippen molar-refractivity contribution in [2.24, 2.45) is 0 Å². The fraction of sp³-hybridized carbons (Fsp3) is 0.462. The number of carboxylic acid groups (broad SMARTS) is 1. The van der Waals surface area contributed by atoms with Gasteiger partial charge in [-0.15, -0.1) is 0 Å². The third-order valence-electron chi connectivity index (χ3n) is 3.01. The number of hydrogen-bond donors (Lipinski definition) is 3. The molecule has 5 nitrogen and oxygen atoms in total. The third-order valence-corrected chi connectivity index (χ3v) is 3.01. The van der Waals surface area contributed by atoms with Crippen LogP contribution >= 0.6 is 0 Å². The van der Waals surface area contributed by atoms with E-state index in [0.717, 1.165) is 25.7 Å². The predicted molar refractivity (Wildman–Crippen MR) is 74.0 cm³/mol. The average Bonchev–Trinajstić information content (AvgIpc) is 2.36. The van der Waals surface area contributed by atoms with Crippen LogP contribution in [0.2, 0.25) is 0 Å². The first-order valence-corrected chi connectivity index (χ1v) is 6.28. The normalized spacial score (nSPS) is 10.7. The summed E-state index contributed by atoms with van der Waals surface area (Å²) in [6, 6.07) is 2.26. The zero-order valence-electron chi connectivity index (χ0n) is 11.2. The van der Waals surface area contributed by atoms with Gasteiger partial charge >= 0.3 is 5.97 Å². The summed E-state index contributed by atoms with van der Waals surface area (Å²) in [6.07, 6.45) is 0. The molecule has 0 fully saturated rings. The van der Waals surface area contributed by atoms with Crippen molar-refractivity contribution in [1.82, 2.24) is 4.90 Å². The SMILES string of the molecule is CCN(CC)CCNc1cc(C(=O)O)c(N)cc1F. The van der Waals surface area contributed by atoms with Crippen molar-refractivity contribution in [3.63, 3.8) is 0 Å². The molecule has 0 aliphatic carbocycles. The Kier molecular flexibility index (Phi) is 5.57.